The van der Waals surface area contributed by atoms with Gasteiger partial charge in [0.05, 0.1) is 12.5 Å². The van der Waals surface area contributed by atoms with Crippen LogP contribution < -0.4 is 5.73 Å². The first kappa shape index (κ1) is 14.7. The van der Waals surface area contributed by atoms with Crippen LogP contribution in [0.25, 0.3) is 0 Å². The molecule has 1 amide bonds. The second-order valence-electron chi connectivity index (χ2n) is 3.71. The maximum Gasteiger partial charge on any atom is 0.225 e. The summed E-state index contributed by atoms with van der Waals surface area (Å²) in [5.74, 6) is 0.173. The number of carbonyl (C=O) groups is 1. The van der Waals surface area contributed by atoms with Crippen LogP contribution in [0.4, 0.5) is 0 Å². The van der Waals surface area contributed by atoms with E-state index in [9.17, 15) is 4.79 Å². The van der Waals surface area contributed by atoms with Crippen LogP contribution in [0.1, 0.15) is 26.2 Å². The van der Waals surface area contributed by atoms with Crippen molar-refractivity contribution in [1.29, 1.82) is 0 Å². The minimum atomic E-state index is -0.129. The molecule has 0 aromatic rings. The van der Waals surface area contributed by atoms with Crippen molar-refractivity contribution in [3.05, 3.63) is 0 Å². The largest absolute Gasteiger partial charge is 0.380 e. The van der Waals surface area contributed by atoms with E-state index >= 15 is 0 Å². The molecule has 0 aliphatic heterocycles. The van der Waals surface area contributed by atoms with E-state index in [1.807, 2.05) is 11.8 Å². The Morgan fingerprint density at radius 3 is 2.53 bits per heavy atom. The van der Waals surface area contributed by atoms with Crippen LogP contribution in [0, 0.1) is 0 Å². The summed E-state index contributed by atoms with van der Waals surface area (Å²) in [7, 11) is 1.60. The first-order valence-electron chi connectivity index (χ1n) is 5.25. The van der Waals surface area contributed by atoms with Gasteiger partial charge in [-0.05, 0) is 19.8 Å². The van der Waals surface area contributed by atoms with Crippen molar-refractivity contribution in [2.24, 2.45) is 5.73 Å². The molecule has 5 heteroatoms. The van der Waals surface area contributed by atoms with Gasteiger partial charge in [-0.25, -0.2) is 0 Å². The Bertz CT molecular complexity index is 194. The summed E-state index contributed by atoms with van der Waals surface area (Å²) in [6.45, 7) is 3.22. The number of nitrogens with zero attached hydrogens (tertiary/aromatic N) is 1. The number of hydrogen-bond donors (Lipinski definition) is 1. The molecule has 1 fully saturated rings. The molecule has 0 radical (unpaired) electrons. The van der Waals surface area contributed by atoms with Gasteiger partial charge in [0.1, 0.15) is 0 Å². The highest BCUT2D eigenvalue weighted by Crippen LogP contribution is 2.27. The number of nitrogens with two attached hydrogens (primary N) is 1. The molecule has 1 atom stereocenters. The zero-order chi connectivity index (χ0) is 10.6. The monoisotopic (exact) mass is 236 g/mol. The van der Waals surface area contributed by atoms with E-state index in [1.54, 1.807) is 7.11 Å². The van der Waals surface area contributed by atoms with Gasteiger partial charge < -0.3 is 15.4 Å². The Balaban J connectivity index is 0.00000196. The van der Waals surface area contributed by atoms with Gasteiger partial charge in [-0.1, -0.05) is 0 Å². The van der Waals surface area contributed by atoms with Gasteiger partial charge in [0.2, 0.25) is 5.91 Å². The van der Waals surface area contributed by atoms with Crippen molar-refractivity contribution < 1.29 is 9.53 Å². The number of carbonyl (C=O) groups excluding carboxylic acids is 1. The van der Waals surface area contributed by atoms with Crippen molar-refractivity contribution >= 4 is 18.3 Å². The summed E-state index contributed by atoms with van der Waals surface area (Å²) in [5.41, 5.74) is 5.47. The van der Waals surface area contributed by atoms with Gasteiger partial charge in [-0.15, -0.1) is 12.4 Å². The van der Waals surface area contributed by atoms with Gasteiger partial charge in [0.25, 0.3) is 0 Å². The molecule has 4 nitrogen and oxygen atoms in total. The molecule has 0 saturated heterocycles. The summed E-state index contributed by atoms with van der Waals surface area (Å²) < 4.78 is 5.09. The number of amides is 1. The van der Waals surface area contributed by atoms with E-state index in [1.165, 1.54) is 0 Å². The summed E-state index contributed by atoms with van der Waals surface area (Å²) in [4.78, 5) is 13.7. The topological polar surface area (TPSA) is 55.6 Å². The van der Waals surface area contributed by atoms with Gasteiger partial charge in [0.15, 0.2) is 0 Å². The smallest absolute Gasteiger partial charge is 0.225 e. The van der Waals surface area contributed by atoms with E-state index in [4.69, 9.17) is 10.5 Å². The first-order chi connectivity index (χ1) is 6.72. The van der Waals surface area contributed by atoms with Gasteiger partial charge in [0, 0.05) is 26.2 Å². The molecule has 1 aliphatic carbocycles. The van der Waals surface area contributed by atoms with E-state index in [-0.39, 0.29) is 24.4 Å². The summed E-state index contributed by atoms with van der Waals surface area (Å²) in [5, 5.41) is 0. The third-order valence-corrected chi connectivity index (χ3v) is 2.65. The van der Waals surface area contributed by atoms with Crippen LogP contribution in [-0.4, -0.2) is 43.2 Å². The van der Waals surface area contributed by atoms with E-state index in [2.05, 4.69) is 0 Å². The Morgan fingerprint density at radius 2 is 2.20 bits per heavy atom. The second-order valence-corrected chi connectivity index (χ2v) is 3.71. The molecular formula is C10H21ClN2O2. The van der Waals surface area contributed by atoms with Crippen molar-refractivity contribution in [2.75, 3.05) is 20.2 Å². The highest BCUT2D eigenvalue weighted by molar-refractivity contribution is 5.85. The van der Waals surface area contributed by atoms with Crippen LogP contribution in [0.15, 0.2) is 0 Å². The highest BCUT2D eigenvalue weighted by Gasteiger charge is 2.31. The van der Waals surface area contributed by atoms with Crippen LogP contribution >= 0.6 is 12.4 Å². The predicted octanol–water partition coefficient (Wildman–Crippen LogP) is 0.783. The van der Waals surface area contributed by atoms with Crippen LogP contribution in [-0.2, 0) is 9.53 Å². The standard InChI is InChI=1S/C10H20N2O2.ClH/c1-3-12(8-4-5-8)10(13)6-9(7-11)14-2;/h8-9H,3-7,11H2,1-2H3;1H. The van der Waals surface area contributed by atoms with Crippen molar-refractivity contribution in [3.63, 3.8) is 0 Å². The average Bonchev–Trinajstić information content (AvgIpc) is 2.99. The summed E-state index contributed by atoms with van der Waals surface area (Å²) >= 11 is 0. The number of rotatable bonds is 6. The third-order valence-electron chi connectivity index (χ3n) is 2.65. The molecule has 2 N–H and O–H groups in total. The lowest BCUT2D eigenvalue weighted by Crippen LogP contribution is -2.37. The van der Waals surface area contributed by atoms with Gasteiger partial charge in [-0.2, -0.15) is 0 Å². The average molecular weight is 237 g/mol. The minimum absolute atomic E-state index is 0. The van der Waals surface area contributed by atoms with Crippen LogP contribution in [0.2, 0.25) is 0 Å². The van der Waals surface area contributed by atoms with Crippen molar-refractivity contribution in [1.82, 2.24) is 4.90 Å². The fourth-order valence-electron chi connectivity index (χ4n) is 1.60. The Labute approximate surface area is 97.5 Å². The quantitative estimate of drug-likeness (QED) is 0.742. The Kier molecular flexibility index (Phi) is 6.89. The van der Waals surface area contributed by atoms with Crippen molar-refractivity contribution in [2.45, 2.75) is 38.3 Å². The van der Waals surface area contributed by atoms with Crippen LogP contribution in [0.5, 0.6) is 0 Å². The zero-order valence-corrected chi connectivity index (χ0v) is 10.3. The Morgan fingerprint density at radius 1 is 1.60 bits per heavy atom. The molecule has 0 aromatic heterocycles. The first-order valence-corrected chi connectivity index (χ1v) is 5.25. The lowest BCUT2D eigenvalue weighted by atomic mass is 10.2. The lowest BCUT2D eigenvalue weighted by Gasteiger charge is -2.22. The summed E-state index contributed by atoms with van der Waals surface area (Å²) in [6, 6.07) is 0.489. The molecule has 0 aromatic carbocycles. The molecule has 0 heterocycles. The molecule has 1 rings (SSSR count). The number of ether oxygens (including phenoxy) is 1. The van der Waals surface area contributed by atoms with E-state index in [0.29, 0.717) is 19.0 Å². The van der Waals surface area contributed by atoms with Gasteiger partial charge >= 0.3 is 0 Å². The SMILES string of the molecule is CCN(C(=O)CC(CN)OC)C1CC1.Cl. The van der Waals surface area contributed by atoms with E-state index < -0.39 is 0 Å². The molecule has 0 spiro atoms. The predicted molar refractivity (Wildman–Crippen MR) is 62.1 cm³/mol. The number of halogens is 1. The lowest BCUT2D eigenvalue weighted by molar-refractivity contribution is -0.134. The third kappa shape index (κ3) is 4.36. The molecule has 1 aliphatic rings. The molecule has 15 heavy (non-hydrogen) atoms. The zero-order valence-electron chi connectivity index (χ0n) is 9.44. The second kappa shape index (κ2) is 7.04. The van der Waals surface area contributed by atoms with Gasteiger partial charge in [-0.3, -0.25) is 4.79 Å². The molecule has 0 bridgehead atoms. The van der Waals surface area contributed by atoms with E-state index in [0.717, 1.165) is 19.4 Å². The molecule has 1 unspecified atom stereocenters. The number of methoxy groups -OCH3 is 1. The normalized spacial score (nSPS) is 16.7. The van der Waals surface area contributed by atoms with Crippen molar-refractivity contribution in [3.8, 4) is 0 Å². The minimum Gasteiger partial charge on any atom is -0.380 e. The molecule has 90 valence electrons. The maximum atomic E-state index is 11.8. The number of hydrogen-bond acceptors (Lipinski definition) is 3. The fourth-order valence-corrected chi connectivity index (χ4v) is 1.60. The fraction of sp³-hybridized carbons (Fsp3) is 0.900. The Hall–Kier alpha value is -0.320. The molecular weight excluding hydrogens is 216 g/mol. The maximum absolute atomic E-state index is 11.8. The van der Waals surface area contributed by atoms with Crippen LogP contribution in [0.3, 0.4) is 0 Å². The highest BCUT2D eigenvalue weighted by atomic mass is 35.5. The summed E-state index contributed by atoms with van der Waals surface area (Å²) in [6.07, 6.45) is 2.59. The molecule has 1 saturated carbocycles.